The van der Waals surface area contributed by atoms with E-state index in [4.69, 9.17) is 23.8 Å². The van der Waals surface area contributed by atoms with E-state index in [0.717, 1.165) is 77.3 Å². The van der Waals surface area contributed by atoms with Gasteiger partial charge in [-0.25, -0.2) is 15.0 Å². The Bertz CT molecular complexity index is 3520. The first kappa shape index (κ1) is 31.5. The highest BCUT2D eigenvalue weighted by molar-refractivity contribution is 6.13. The summed E-state index contributed by atoms with van der Waals surface area (Å²) in [5.74, 6) is 1.65. The number of rotatable bonds is 5. The average molecular weight is 731 g/mol. The van der Waals surface area contributed by atoms with Crippen molar-refractivity contribution >= 4 is 65.7 Å². The molecule has 12 rings (SSSR count). The predicted octanol–water partition coefficient (Wildman–Crippen LogP) is 13.4. The normalized spacial score (nSPS) is 11.9. The first-order chi connectivity index (χ1) is 28.2. The lowest BCUT2D eigenvalue weighted by Crippen LogP contribution is -2.01. The van der Waals surface area contributed by atoms with Gasteiger partial charge in [-0.05, 0) is 77.9 Å². The summed E-state index contributed by atoms with van der Waals surface area (Å²) in [5.41, 5.74) is 11.4. The number of furan rings is 2. The van der Waals surface area contributed by atoms with Crippen LogP contribution in [0.15, 0.2) is 191 Å². The summed E-state index contributed by atoms with van der Waals surface area (Å²) in [6.45, 7) is 0. The Hall–Kier alpha value is -7.83. The number of benzene rings is 8. The molecule has 0 spiro atoms. The van der Waals surface area contributed by atoms with Crippen molar-refractivity contribution in [2.75, 3.05) is 0 Å². The number of aromatic nitrogens is 4. The Balaban J connectivity index is 1.04. The Morgan fingerprint density at radius 1 is 0.351 bits per heavy atom. The van der Waals surface area contributed by atoms with Gasteiger partial charge in [0.1, 0.15) is 22.3 Å². The van der Waals surface area contributed by atoms with Crippen LogP contribution < -0.4 is 0 Å². The molecule has 0 saturated carbocycles. The van der Waals surface area contributed by atoms with Gasteiger partial charge in [0.2, 0.25) is 0 Å². The molecule has 266 valence electrons. The fourth-order valence-electron chi connectivity index (χ4n) is 8.45. The molecule has 0 saturated heterocycles. The van der Waals surface area contributed by atoms with Crippen LogP contribution in [0.1, 0.15) is 0 Å². The topological polar surface area (TPSA) is 69.9 Å². The molecule has 6 heteroatoms. The van der Waals surface area contributed by atoms with Gasteiger partial charge in [0, 0.05) is 49.1 Å². The Kier molecular flexibility index (Phi) is 6.83. The van der Waals surface area contributed by atoms with Gasteiger partial charge in [0.25, 0.3) is 0 Å². The van der Waals surface area contributed by atoms with Gasteiger partial charge >= 0.3 is 0 Å². The third kappa shape index (κ3) is 4.94. The van der Waals surface area contributed by atoms with Crippen molar-refractivity contribution in [1.82, 2.24) is 19.5 Å². The highest BCUT2D eigenvalue weighted by atomic mass is 16.3. The minimum atomic E-state index is 0.533. The number of nitrogens with zero attached hydrogens (tertiary/aromatic N) is 4. The lowest BCUT2D eigenvalue weighted by atomic mass is 10.0. The van der Waals surface area contributed by atoms with Crippen molar-refractivity contribution in [1.29, 1.82) is 0 Å². The molecule has 4 heterocycles. The molecular formula is C51H30N4O2. The van der Waals surface area contributed by atoms with E-state index in [-0.39, 0.29) is 0 Å². The minimum Gasteiger partial charge on any atom is -0.456 e. The van der Waals surface area contributed by atoms with Gasteiger partial charge in [-0.3, -0.25) is 0 Å². The molecule has 57 heavy (non-hydrogen) atoms. The maximum atomic E-state index is 6.49. The minimum absolute atomic E-state index is 0.533. The van der Waals surface area contributed by atoms with Crippen LogP contribution in [0.4, 0.5) is 0 Å². The van der Waals surface area contributed by atoms with E-state index in [2.05, 4.69) is 126 Å². The zero-order valence-electron chi connectivity index (χ0n) is 30.4. The second-order valence-corrected chi connectivity index (χ2v) is 14.4. The Labute approximate surface area is 325 Å². The van der Waals surface area contributed by atoms with E-state index in [1.54, 1.807) is 0 Å². The molecule has 0 bridgehead atoms. The van der Waals surface area contributed by atoms with E-state index in [9.17, 15) is 0 Å². The first-order valence-electron chi connectivity index (χ1n) is 19.0. The summed E-state index contributed by atoms with van der Waals surface area (Å²) >= 11 is 0. The largest absolute Gasteiger partial charge is 0.456 e. The van der Waals surface area contributed by atoms with Crippen molar-refractivity contribution in [3.8, 4) is 51.0 Å². The van der Waals surface area contributed by atoms with Gasteiger partial charge in [-0.2, -0.15) is 0 Å². The summed E-state index contributed by atoms with van der Waals surface area (Å²) in [7, 11) is 0. The van der Waals surface area contributed by atoms with Crippen LogP contribution >= 0.6 is 0 Å². The quantitative estimate of drug-likeness (QED) is 0.176. The van der Waals surface area contributed by atoms with Crippen molar-refractivity contribution in [3.63, 3.8) is 0 Å². The second kappa shape index (κ2) is 12.3. The maximum absolute atomic E-state index is 6.49. The van der Waals surface area contributed by atoms with E-state index in [0.29, 0.717) is 17.5 Å². The summed E-state index contributed by atoms with van der Waals surface area (Å²) < 4.78 is 15.1. The standard InChI is InChI=1S/C51H30N4O2/c1-2-12-31(13-3-1)33-26-29-43-41(30-33)35-14-4-7-20-42(35)55(43)34-27-24-32(25-28-34)49-52-50(39-18-11-23-46-47(39)38-16-6-9-22-45(38)56-46)54-51(53-49)40-19-10-17-37-36-15-5-8-21-44(36)57-48(37)40/h1-30H. The van der Waals surface area contributed by atoms with Crippen LogP contribution in [0.5, 0.6) is 0 Å². The average Bonchev–Trinajstić information content (AvgIpc) is 3.96. The van der Waals surface area contributed by atoms with Crippen molar-refractivity contribution in [3.05, 3.63) is 182 Å². The number of hydrogen-bond donors (Lipinski definition) is 0. The number of fused-ring (bicyclic) bond motifs is 9. The van der Waals surface area contributed by atoms with E-state index >= 15 is 0 Å². The maximum Gasteiger partial charge on any atom is 0.167 e. The zero-order chi connectivity index (χ0) is 37.5. The van der Waals surface area contributed by atoms with Gasteiger partial charge < -0.3 is 13.4 Å². The highest BCUT2D eigenvalue weighted by Gasteiger charge is 2.21. The molecule has 12 aromatic rings. The molecule has 0 atom stereocenters. The molecule has 6 nitrogen and oxygen atoms in total. The molecule has 0 unspecified atom stereocenters. The van der Waals surface area contributed by atoms with E-state index in [1.165, 1.54) is 21.9 Å². The lowest BCUT2D eigenvalue weighted by molar-refractivity contribution is 0.668. The summed E-state index contributed by atoms with van der Waals surface area (Å²) in [4.78, 5) is 15.5. The SMILES string of the molecule is c1ccc(-c2ccc3c(c2)c2ccccc2n3-c2ccc(-c3nc(-c4cccc5c4oc4ccccc45)nc(-c4cccc5oc6ccccc6c45)n3)cc2)cc1. The molecule has 0 fully saturated rings. The molecule has 0 aliphatic rings. The smallest absolute Gasteiger partial charge is 0.167 e. The summed E-state index contributed by atoms with van der Waals surface area (Å²) in [6.07, 6.45) is 0. The third-order valence-electron chi connectivity index (χ3n) is 11.1. The lowest BCUT2D eigenvalue weighted by Gasteiger charge is -2.11. The summed E-state index contributed by atoms with van der Waals surface area (Å²) in [6, 6.07) is 62.8. The fourth-order valence-corrected chi connectivity index (χ4v) is 8.45. The van der Waals surface area contributed by atoms with Crippen LogP contribution in [0.3, 0.4) is 0 Å². The predicted molar refractivity (Wildman–Crippen MR) is 230 cm³/mol. The van der Waals surface area contributed by atoms with Crippen molar-refractivity contribution in [2.24, 2.45) is 0 Å². The first-order valence-corrected chi connectivity index (χ1v) is 19.0. The molecule has 0 aliphatic heterocycles. The van der Waals surface area contributed by atoms with Crippen LogP contribution in [-0.4, -0.2) is 19.5 Å². The van der Waals surface area contributed by atoms with Gasteiger partial charge in [0.05, 0.1) is 16.6 Å². The molecule has 0 radical (unpaired) electrons. The zero-order valence-corrected chi connectivity index (χ0v) is 30.4. The Morgan fingerprint density at radius 3 is 1.79 bits per heavy atom. The molecule has 4 aromatic heterocycles. The fraction of sp³-hybridized carbons (Fsp3) is 0. The van der Waals surface area contributed by atoms with E-state index < -0.39 is 0 Å². The van der Waals surface area contributed by atoms with Crippen LogP contribution in [0.2, 0.25) is 0 Å². The Morgan fingerprint density at radius 2 is 0.947 bits per heavy atom. The molecule has 0 N–H and O–H groups in total. The van der Waals surface area contributed by atoms with Crippen molar-refractivity contribution in [2.45, 2.75) is 0 Å². The second-order valence-electron chi connectivity index (χ2n) is 14.4. The molecular weight excluding hydrogens is 701 g/mol. The van der Waals surface area contributed by atoms with Gasteiger partial charge in [-0.15, -0.1) is 0 Å². The van der Waals surface area contributed by atoms with Crippen molar-refractivity contribution < 1.29 is 8.83 Å². The van der Waals surface area contributed by atoms with Crippen LogP contribution in [0.25, 0.3) is 117 Å². The summed E-state index contributed by atoms with van der Waals surface area (Å²) in [5, 5.41) is 6.47. The highest BCUT2D eigenvalue weighted by Crippen LogP contribution is 2.40. The number of para-hydroxylation sites is 4. The third-order valence-corrected chi connectivity index (χ3v) is 11.1. The monoisotopic (exact) mass is 730 g/mol. The van der Waals surface area contributed by atoms with E-state index in [1.807, 2.05) is 60.7 Å². The van der Waals surface area contributed by atoms with Crippen LogP contribution in [-0.2, 0) is 0 Å². The van der Waals surface area contributed by atoms with Gasteiger partial charge in [-0.1, -0.05) is 115 Å². The molecule has 0 aliphatic carbocycles. The molecule has 0 amide bonds. The van der Waals surface area contributed by atoms with Gasteiger partial charge in [0.15, 0.2) is 17.5 Å². The van der Waals surface area contributed by atoms with Crippen LogP contribution in [0, 0.1) is 0 Å². The number of hydrogen-bond acceptors (Lipinski definition) is 5. The molecule has 8 aromatic carbocycles.